The molecular weight excluding hydrogens is 1770 g/mol. The van der Waals surface area contributed by atoms with Gasteiger partial charge in [-0.15, -0.1) is 15.3 Å². The molecule has 7 aromatic heterocycles. The van der Waals surface area contributed by atoms with E-state index in [0.29, 0.717) is 59.1 Å². The molecule has 1 fully saturated rings. The Balaban J connectivity index is 0.000000172. The van der Waals surface area contributed by atoms with Crippen LogP contribution in [0.4, 0.5) is 18.9 Å². The number of para-hydroxylation sites is 1. The molecule has 0 radical (unpaired) electrons. The number of benzene rings is 2. The number of aryl methyl sites for hydroxylation is 2. The van der Waals surface area contributed by atoms with Crippen molar-refractivity contribution in [2.75, 3.05) is 4.90 Å². The zero-order valence-electron chi connectivity index (χ0n) is 96.7. The first-order valence-corrected chi connectivity index (χ1v) is 55.9. The molecule has 21 heteroatoms. The molecule has 8 aliphatic rings. The van der Waals surface area contributed by atoms with Crippen LogP contribution in [0.3, 0.4) is 0 Å². The monoisotopic (exact) mass is 1980 g/mol. The SMILES string of the molecule is C.CC(C)(C)C1CCCCc2c(cnn2C(C)(C)C)C1.CC(C)(C)C1CCCCc2c(cnn2C(C)(C)C)C1(F)F.CC(C)(C)C1CCCc2c(cnn2C(C)(C)C)CC1.CC(C)(C)CC1C2CCc3nnn(C(C)(C)C)c3CCC21.CC(C)(C)N1Cc2ccccc2-c2cnn(C(C)(C)C)c2-c2ccccc21.CC(C)C1CCCCCc2c1nnn2C(C)C.CC(C)n1nnc2c1CCCCCC2(F)C(C)C. The number of alkyl halides is 3. The van der Waals surface area contributed by atoms with Gasteiger partial charge in [-0.3, -0.25) is 18.7 Å². The van der Waals surface area contributed by atoms with Gasteiger partial charge in [-0.2, -0.15) is 20.4 Å². The number of hydrogen-bond acceptors (Lipinski definition) is 11. The summed E-state index contributed by atoms with van der Waals surface area (Å²) in [4.78, 5) is 2.52. The van der Waals surface area contributed by atoms with E-state index in [0.717, 1.165) is 98.9 Å². The number of anilines is 1. The van der Waals surface area contributed by atoms with Gasteiger partial charge in [0.2, 0.25) is 0 Å². The quantitative estimate of drug-likeness (QED) is 0.161. The summed E-state index contributed by atoms with van der Waals surface area (Å²) in [6.07, 6.45) is 41.0. The lowest BCUT2D eigenvalue weighted by atomic mass is 9.71. The third-order valence-electron chi connectivity index (χ3n) is 32.0. The summed E-state index contributed by atoms with van der Waals surface area (Å²) < 4.78 is 60.3. The minimum Gasteiger partial charge on any atom is -0.362 e. The Morgan fingerprint density at radius 3 is 1.43 bits per heavy atom. The third kappa shape index (κ3) is 28.7. The fraction of sp³-hybridized carbons (Fsp3) is 0.754. The van der Waals surface area contributed by atoms with Crippen LogP contribution >= 0.6 is 0 Å². The second kappa shape index (κ2) is 46.2. The summed E-state index contributed by atoms with van der Waals surface area (Å²) >= 11 is 0. The summed E-state index contributed by atoms with van der Waals surface area (Å²) in [5, 5.41) is 44.7. The minimum atomic E-state index is -2.81. The highest BCUT2D eigenvalue weighted by atomic mass is 19.3. The predicted octanol–water partition coefficient (Wildman–Crippen LogP) is 32.7. The maximum atomic E-state index is 15.3. The molecule has 8 atom stereocenters. The largest absolute Gasteiger partial charge is 0.362 e. The highest BCUT2D eigenvalue weighted by Gasteiger charge is 2.53. The van der Waals surface area contributed by atoms with E-state index in [9.17, 15) is 0 Å². The zero-order chi connectivity index (χ0) is 105. The molecule has 0 amide bonds. The highest BCUT2D eigenvalue weighted by molar-refractivity contribution is 5.90. The molecule has 17 rings (SSSR count). The second-order valence-corrected chi connectivity index (χ2v) is 55.5. The van der Waals surface area contributed by atoms with Gasteiger partial charge < -0.3 is 4.90 Å². The Labute approximate surface area is 867 Å². The van der Waals surface area contributed by atoms with Gasteiger partial charge in [0.15, 0.2) is 5.67 Å². The fourth-order valence-electron chi connectivity index (χ4n) is 24.0. The first-order chi connectivity index (χ1) is 65.8. The maximum Gasteiger partial charge on any atom is 0.279 e. The smallest absolute Gasteiger partial charge is 0.279 e. The van der Waals surface area contributed by atoms with Crippen LogP contribution in [0.25, 0.3) is 22.4 Å². The van der Waals surface area contributed by atoms with E-state index in [-0.39, 0.29) is 58.2 Å². The molecule has 7 aliphatic carbocycles. The molecule has 0 spiro atoms. The normalized spacial score (nSPS) is 21.9. The van der Waals surface area contributed by atoms with Gasteiger partial charge >= 0.3 is 0 Å². The summed E-state index contributed by atoms with van der Waals surface area (Å²) in [6.45, 7) is 84.9. The molecule has 800 valence electrons. The van der Waals surface area contributed by atoms with E-state index >= 15 is 13.2 Å². The standard InChI is InChI=1S/C24H29N3.C18H31N3.C17H28F2N2.2C17H30N2.C14H24FN3.C14H25N3.CH4/c1-23(2,3)26-16-17-11-7-8-12-18(17)20-15-25-27(24(4,5)6)22(20)19-13-9-10-14-21(19)26;1-17(2,3)11-14-12-7-9-15-16(10-8-13(12)14)21(20-19-15)18(4,5)6;1-15(2,3)14-10-8-7-9-13-12(17(14,18)19)11-20-21(13)16(4,5)6;1-16(2,3)14-8-7-9-15-13(10-11-14)12-18-19(15)17(4,5)6;1-16(2,3)14-9-7-8-10-15-13(11-14)12-18-19(15)17(4,5)6;1-10(2)14(15)9-7-5-6-8-12-13(14)16-17-18(12)11(3)4;1-10(2)12-8-6-5-7-9-13-14(12)15-16-17(13)11(3)4;/h7-15H,16H2,1-6H3;12-14H,7-11H2,1-6H3;11,14H,7-10H2,1-6H3;2*12,14H,7-11H2,1-6H3;10-11H,5-9H2,1-4H3;10-12H,5-9H2,1-4H3;1H4. The van der Waals surface area contributed by atoms with Crippen molar-refractivity contribution in [2.45, 2.75) is 526 Å². The first kappa shape index (κ1) is 117. The van der Waals surface area contributed by atoms with E-state index in [1.54, 1.807) is 4.68 Å². The van der Waals surface area contributed by atoms with E-state index in [2.05, 4.69) is 343 Å². The Bertz CT molecular complexity index is 5500. The van der Waals surface area contributed by atoms with Crippen molar-refractivity contribution < 1.29 is 13.2 Å². The maximum absolute atomic E-state index is 15.3. The summed E-state index contributed by atoms with van der Waals surface area (Å²) in [7, 11) is 0. The number of rotatable bonds is 5. The van der Waals surface area contributed by atoms with Gasteiger partial charge in [0.05, 0.1) is 92.2 Å². The topological polar surface area (TPSA) is 167 Å². The molecule has 8 heterocycles. The molecule has 0 saturated heterocycles. The van der Waals surface area contributed by atoms with Crippen LogP contribution in [0.5, 0.6) is 0 Å². The van der Waals surface area contributed by atoms with Crippen LogP contribution in [-0.4, -0.2) is 89.6 Å². The van der Waals surface area contributed by atoms with Crippen LogP contribution in [0, 0.1) is 69.0 Å². The van der Waals surface area contributed by atoms with Crippen molar-refractivity contribution in [3.63, 3.8) is 0 Å². The van der Waals surface area contributed by atoms with Crippen LogP contribution in [0.2, 0.25) is 0 Å². The van der Waals surface area contributed by atoms with Crippen molar-refractivity contribution >= 4 is 5.69 Å². The molecule has 143 heavy (non-hydrogen) atoms. The molecule has 1 saturated carbocycles. The Morgan fingerprint density at radius 2 is 0.860 bits per heavy atom. The summed E-state index contributed by atoms with van der Waals surface area (Å²) in [5.74, 6) is 2.29. The second-order valence-electron chi connectivity index (χ2n) is 55.5. The Morgan fingerprint density at radius 1 is 0.378 bits per heavy atom. The summed E-state index contributed by atoms with van der Waals surface area (Å²) in [5.41, 5.74) is 20.9. The van der Waals surface area contributed by atoms with Gasteiger partial charge in [0.1, 0.15) is 5.69 Å². The molecule has 0 N–H and O–H groups in total. The zero-order valence-corrected chi connectivity index (χ0v) is 96.7. The van der Waals surface area contributed by atoms with Crippen LogP contribution in [-0.2, 0) is 104 Å². The van der Waals surface area contributed by atoms with Crippen LogP contribution < -0.4 is 4.90 Å². The van der Waals surface area contributed by atoms with Gasteiger partial charge in [-0.05, 0) is 398 Å². The van der Waals surface area contributed by atoms with Crippen LogP contribution in [0.1, 0.15) is 490 Å². The number of fused-ring (bicyclic) bond motifs is 12. The van der Waals surface area contributed by atoms with E-state index in [1.165, 1.54) is 201 Å². The number of halogens is 3. The van der Waals surface area contributed by atoms with Gasteiger partial charge in [0.25, 0.3) is 5.92 Å². The Kier molecular flexibility index (Phi) is 37.8. The number of nitrogens with zero attached hydrogens (tertiary/aromatic N) is 18. The van der Waals surface area contributed by atoms with Crippen molar-refractivity contribution in [1.29, 1.82) is 0 Å². The van der Waals surface area contributed by atoms with Gasteiger partial charge in [-0.1, -0.05) is 208 Å². The number of aromatic nitrogens is 17. The fourth-order valence-corrected chi connectivity index (χ4v) is 24.0. The van der Waals surface area contributed by atoms with Crippen molar-refractivity contribution in [3.8, 4) is 22.4 Å². The van der Waals surface area contributed by atoms with Crippen molar-refractivity contribution in [1.82, 2.24) is 84.1 Å². The Hall–Kier alpha value is -7.71. The number of hydrogen-bond donors (Lipinski definition) is 0. The van der Waals surface area contributed by atoms with Gasteiger partial charge in [0, 0.05) is 69.9 Å². The predicted molar refractivity (Wildman–Crippen MR) is 592 cm³/mol. The van der Waals surface area contributed by atoms with E-state index in [1.807, 2.05) is 66.3 Å². The molecule has 18 nitrogen and oxygen atoms in total. The first-order valence-electron chi connectivity index (χ1n) is 55.9. The third-order valence-corrected chi connectivity index (χ3v) is 32.0. The lowest BCUT2D eigenvalue weighted by Gasteiger charge is -2.41. The summed E-state index contributed by atoms with van der Waals surface area (Å²) in [6, 6.07) is 18.2. The average Bonchev–Trinajstić information content (AvgIpc) is 1.64. The molecule has 9 aromatic rings. The minimum absolute atomic E-state index is 0. The van der Waals surface area contributed by atoms with E-state index < -0.39 is 22.9 Å². The molecule has 1 aliphatic heterocycles. The molecule has 2 aromatic carbocycles. The lowest BCUT2D eigenvalue weighted by molar-refractivity contribution is -0.111. The van der Waals surface area contributed by atoms with Crippen LogP contribution in [0.15, 0.2) is 73.3 Å². The van der Waals surface area contributed by atoms with Crippen molar-refractivity contribution in [2.24, 2.45) is 69.0 Å². The average molecular weight is 1980 g/mol. The molecular formula is C122H201F3N18. The highest BCUT2D eigenvalue weighted by Crippen LogP contribution is 2.58. The molecule has 8 unspecified atom stereocenters. The lowest BCUT2D eigenvalue weighted by Crippen LogP contribution is -2.41. The molecule has 0 bridgehead atoms. The van der Waals surface area contributed by atoms with E-state index in [4.69, 9.17) is 5.10 Å². The van der Waals surface area contributed by atoms with Crippen molar-refractivity contribution in [3.05, 3.63) is 147 Å². The van der Waals surface area contributed by atoms with Gasteiger partial charge in [-0.25, -0.2) is 27.2 Å².